The first-order valence-corrected chi connectivity index (χ1v) is 7.63. The highest BCUT2D eigenvalue weighted by molar-refractivity contribution is 7.89. The molecule has 19 heavy (non-hydrogen) atoms. The third-order valence-corrected chi connectivity index (χ3v) is 5.33. The largest absolute Gasteiger partial charge is 0.396 e. The van der Waals surface area contributed by atoms with Gasteiger partial charge in [-0.25, -0.2) is 8.42 Å². The van der Waals surface area contributed by atoms with E-state index in [0.717, 1.165) is 0 Å². The monoisotopic (exact) mass is 280 g/mol. The number of aliphatic hydroxyl groups excluding tert-OH is 1. The van der Waals surface area contributed by atoms with Gasteiger partial charge in [0, 0.05) is 19.7 Å². The molecule has 0 saturated carbocycles. The van der Waals surface area contributed by atoms with E-state index in [2.05, 4.69) is 0 Å². The van der Waals surface area contributed by atoms with Gasteiger partial charge >= 0.3 is 0 Å². The minimum absolute atomic E-state index is 0.109. The molecular weight excluding hydrogens is 264 g/mol. The van der Waals surface area contributed by atoms with Gasteiger partial charge in [0.05, 0.1) is 16.5 Å². The van der Waals surface area contributed by atoms with Gasteiger partial charge < -0.3 is 5.11 Å². The van der Waals surface area contributed by atoms with Crippen LogP contribution in [0.25, 0.3) is 0 Å². The Morgan fingerprint density at radius 3 is 2.63 bits per heavy atom. The molecule has 2 rings (SSSR count). The van der Waals surface area contributed by atoms with Gasteiger partial charge in [-0.15, -0.1) is 0 Å². The van der Waals surface area contributed by atoms with Crippen LogP contribution in [-0.4, -0.2) is 37.5 Å². The summed E-state index contributed by atoms with van der Waals surface area (Å²) < 4.78 is 26.2. The predicted molar refractivity (Wildman–Crippen MR) is 69.7 cm³/mol. The van der Waals surface area contributed by atoms with E-state index in [-0.39, 0.29) is 17.4 Å². The van der Waals surface area contributed by atoms with Crippen molar-refractivity contribution in [1.82, 2.24) is 4.31 Å². The van der Waals surface area contributed by atoms with E-state index in [1.165, 1.54) is 16.4 Å². The third-order valence-electron chi connectivity index (χ3n) is 3.43. The average molecular weight is 280 g/mol. The van der Waals surface area contributed by atoms with Crippen molar-refractivity contribution >= 4 is 10.0 Å². The van der Waals surface area contributed by atoms with Crippen LogP contribution >= 0.6 is 0 Å². The van der Waals surface area contributed by atoms with Crippen molar-refractivity contribution in [2.24, 2.45) is 5.92 Å². The lowest BCUT2D eigenvalue weighted by atomic mass is 10.00. The second-order valence-corrected chi connectivity index (χ2v) is 6.61. The summed E-state index contributed by atoms with van der Waals surface area (Å²) in [6, 6.07) is 8.00. The third kappa shape index (κ3) is 2.95. The zero-order valence-corrected chi connectivity index (χ0v) is 11.3. The molecule has 1 aromatic rings. The first kappa shape index (κ1) is 14.0. The van der Waals surface area contributed by atoms with E-state index in [9.17, 15) is 8.42 Å². The van der Waals surface area contributed by atoms with E-state index in [4.69, 9.17) is 10.4 Å². The fourth-order valence-corrected chi connectivity index (χ4v) is 3.72. The molecule has 1 heterocycles. The first-order chi connectivity index (χ1) is 9.07. The van der Waals surface area contributed by atoms with Crippen LogP contribution in [0.2, 0.25) is 0 Å². The molecule has 0 bridgehead atoms. The van der Waals surface area contributed by atoms with Crippen LogP contribution in [0, 0.1) is 17.2 Å². The van der Waals surface area contributed by atoms with E-state index in [0.29, 0.717) is 31.5 Å². The number of aliphatic hydroxyl groups is 1. The Hall–Kier alpha value is -1.42. The summed E-state index contributed by atoms with van der Waals surface area (Å²) >= 11 is 0. The second-order valence-electron chi connectivity index (χ2n) is 4.67. The van der Waals surface area contributed by atoms with Crippen LogP contribution in [0.1, 0.15) is 18.4 Å². The van der Waals surface area contributed by atoms with E-state index < -0.39 is 10.0 Å². The molecule has 0 atom stereocenters. The van der Waals surface area contributed by atoms with Crippen LogP contribution in [0.3, 0.4) is 0 Å². The summed E-state index contributed by atoms with van der Waals surface area (Å²) in [5.74, 6) is 0.192. The normalized spacial score (nSPS) is 18.1. The number of piperidine rings is 1. The summed E-state index contributed by atoms with van der Waals surface area (Å²) in [7, 11) is -3.53. The standard InChI is InChI=1S/C13H16N2O3S/c14-9-12-2-1-3-13(8-12)19(17,18)15-6-4-11(10-16)5-7-15/h1-3,8,11,16H,4-7,10H2. The van der Waals surface area contributed by atoms with Crippen LogP contribution in [0.4, 0.5) is 0 Å². The van der Waals surface area contributed by atoms with Gasteiger partial charge in [0.2, 0.25) is 10.0 Å². The number of hydrogen-bond acceptors (Lipinski definition) is 4. The van der Waals surface area contributed by atoms with Crippen LogP contribution in [0.15, 0.2) is 29.2 Å². The summed E-state index contributed by atoms with van der Waals surface area (Å²) in [6.45, 7) is 0.951. The number of nitrogens with zero attached hydrogens (tertiary/aromatic N) is 2. The Labute approximate surface area is 113 Å². The topological polar surface area (TPSA) is 81.4 Å². The van der Waals surface area contributed by atoms with Gasteiger partial charge in [-0.3, -0.25) is 0 Å². The Kier molecular flexibility index (Phi) is 4.20. The fraction of sp³-hybridized carbons (Fsp3) is 0.462. The molecule has 0 aliphatic carbocycles. The van der Waals surface area contributed by atoms with Gasteiger partial charge in [0.1, 0.15) is 0 Å². The van der Waals surface area contributed by atoms with Gasteiger partial charge in [-0.2, -0.15) is 9.57 Å². The van der Waals surface area contributed by atoms with Crippen LogP contribution in [0.5, 0.6) is 0 Å². The molecule has 1 aliphatic heterocycles. The molecule has 1 N–H and O–H groups in total. The lowest BCUT2D eigenvalue weighted by Crippen LogP contribution is -2.39. The molecule has 1 aliphatic rings. The van der Waals surface area contributed by atoms with Crippen molar-refractivity contribution in [3.8, 4) is 6.07 Å². The van der Waals surface area contributed by atoms with Crippen LogP contribution in [-0.2, 0) is 10.0 Å². The Bertz CT molecular complexity index is 584. The molecule has 0 aromatic heterocycles. The summed E-state index contributed by atoms with van der Waals surface area (Å²) in [4.78, 5) is 0.161. The summed E-state index contributed by atoms with van der Waals surface area (Å²) in [5, 5.41) is 17.9. The Balaban J connectivity index is 2.21. The lowest BCUT2D eigenvalue weighted by molar-refractivity contribution is 0.170. The number of benzene rings is 1. The molecule has 102 valence electrons. The Morgan fingerprint density at radius 2 is 2.05 bits per heavy atom. The molecule has 6 heteroatoms. The number of rotatable bonds is 3. The quantitative estimate of drug-likeness (QED) is 0.893. The maximum atomic E-state index is 12.4. The van der Waals surface area contributed by atoms with Crippen molar-refractivity contribution in [1.29, 1.82) is 5.26 Å². The number of hydrogen-bond donors (Lipinski definition) is 1. The van der Waals surface area contributed by atoms with Gasteiger partial charge in [0.15, 0.2) is 0 Å². The first-order valence-electron chi connectivity index (χ1n) is 6.19. The highest BCUT2D eigenvalue weighted by Crippen LogP contribution is 2.23. The predicted octanol–water partition coefficient (Wildman–Crippen LogP) is 0.951. The fourth-order valence-electron chi connectivity index (χ4n) is 2.21. The lowest BCUT2D eigenvalue weighted by Gasteiger charge is -2.30. The molecule has 5 nitrogen and oxygen atoms in total. The summed E-state index contributed by atoms with van der Waals surface area (Å²) in [6.07, 6.45) is 1.35. The minimum atomic E-state index is -3.53. The van der Waals surface area contributed by atoms with Crippen LogP contribution < -0.4 is 0 Å². The highest BCUT2D eigenvalue weighted by Gasteiger charge is 2.29. The summed E-state index contributed by atoms with van der Waals surface area (Å²) in [5.41, 5.74) is 0.339. The maximum Gasteiger partial charge on any atom is 0.243 e. The van der Waals surface area contributed by atoms with E-state index in [1.807, 2.05) is 6.07 Å². The second kappa shape index (κ2) is 5.70. The zero-order chi connectivity index (χ0) is 13.9. The van der Waals surface area contributed by atoms with Gasteiger partial charge in [0.25, 0.3) is 0 Å². The smallest absolute Gasteiger partial charge is 0.243 e. The molecule has 0 unspecified atom stereocenters. The van der Waals surface area contributed by atoms with E-state index >= 15 is 0 Å². The molecule has 0 radical (unpaired) electrons. The van der Waals surface area contributed by atoms with Gasteiger partial charge in [-0.1, -0.05) is 6.07 Å². The molecule has 1 fully saturated rings. The van der Waals surface area contributed by atoms with Crippen molar-refractivity contribution in [2.75, 3.05) is 19.7 Å². The van der Waals surface area contributed by atoms with E-state index in [1.54, 1.807) is 12.1 Å². The number of nitriles is 1. The maximum absolute atomic E-state index is 12.4. The molecule has 0 amide bonds. The molecule has 0 spiro atoms. The van der Waals surface area contributed by atoms with Gasteiger partial charge in [-0.05, 0) is 37.0 Å². The molecule has 1 aromatic carbocycles. The zero-order valence-electron chi connectivity index (χ0n) is 10.5. The molecular formula is C13H16N2O3S. The average Bonchev–Trinajstić information content (AvgIpc) is 2.47. The minimum Gasteiger partial charge on any atom is -0.396 e. The SMILES string of the molecule is N#Cc1cccc(S(=O)(=O)N2CCC(CO)CC2)c1. The van der Waals surface area contributed by atoms with Crippen molar-refractivity contribution in [2.45, 2.75) is 17.7 Å². The van der Waals surface area contributed by atoms with Crippen molar-refractivity contribution < 1.29 is 13.5 Å². The van der Waals surface area contributed by atoms with Crippen molar-refractivity contribution in [3.05, 3.63) is 29.8 Å². The number of sulfonamides is 1. The van der Waals surface area contributed by atoms with Crippen molar-refractivity contribution in [3.63, 3.8) is 0 Å². The molecule has 1 saturated heterocycles. The highest BCUT2D eigenvalue weighted by atomic mass is 32.2. The Morgan fingerprint density at radius 1 is 1.37 bits per heavy atom.